The normalized spacial score (nSPS) is 11.5. The smallest absolute Gasteiger partial charge is 0.271 e. The van der Waals surface area contributed by atoms with E-state index in [0.717, 1.165) is 16.8 Å². The Morgan fingerprint density at radius 2 is 1.50 bits per heavy atom. The average Bonchev–Trinajstić information content (AvgIpc) is 2.74. The lowest BCUT2D eigenvalue weighted by Gasteiger charge is -2.13. The summed E-state index contributed by atoms with van der Waals surface area (Å²) in [4.78, 5) is 16.5. The molecule has 0 saturated heterocycles. The summed E-state index contributed by atoms with van der Waals surface area (Å²) in [6.45, 7) is 0. The number of rotatable bonds is 4. The molecule has 4 rings (SSSR count). The van der Waals surface area contributed by atoms with Gasteiger partial charge in [-0.25, -0.2) is 8.42 Å². The second-order valence-electron chi connectivity index (χ2n) is 7.15. The number of aromatic amines is 1. The Morgan fingerprint density at radius 1 is 0.867 bits per heavy atom. The fraction of sp³-hybridized carbons (Fsp3) is 0.0870. The predicted octanol–water partition coefficient (Wildman–Crippen LogP) is 3.80. The van der Waals surface area contributed by atoms with Gasteiger partial charge in [0.25, 0.3) is 5.56 Å². The highest BCUT2D eigenvalue weighted by atomic mass is 32.2. The average molecular weight is 420 g/mol. The lowest BCUT2D eigenvalue weighted by molar-refractivity contribution is 0.463. The maximum Gasteiger partial charge on any atom is 0.271 e. The Hall–Kier alpha value is -3.58. The van der Waals surface area contributed by atoms with E-state index < -0.39 is 26.0 Å². The van der Waals surface area contributed by atoms with E-state index in [1.165, 1.54) is 12.1 Å². The Bertz CT molecular complexity index is 1390. The van der Waals surface area contributed by atoms with Gasteiger partial charge in [-0.1, -0.05) is 36.4 Å². The van der Waals surface area contributed by atoms with Gasteiger partial charge in [0.15, 0.2) is 4.90 Å². The highest BCUT2D eigenvalue weighted by Gasteiger charge is 2.27. The minimum Gasteiger partial charge on any atom is -0.506 e. The number of hydrogen-bond acceptors (Lipinski definition) is 5. The molecule has 2 N–H and O–H groups in total. The van der Waals surface area contributed by atoms with Gasteiger partial charge in [0, 0.05) is 25.2 Å². The third-order valence-electron chi connectivity index (χ3n) is 4.98. The number of fused-ring (bicyclic) bond motifs is 1. The maximum absolute atomic E-state index is 12.9. The zero-order chi connectivity index (χ0) is 21.5. The van der Waals surface area contributed by atoms with Gasteiger partial charge in [-0.3, -0.25) is 4.79 Å². The molecule has 0 spiro atoms. The van der Waals surface area contributed by atoms with Crippen LogP contribution in [-0.2, 0) is 9.84 Å². The van der Waals surface area contributed by atoms with Gasteiger partial charge in [-0.15, -0.1) is 0 Å². The molecule has 0 fully saturated rings. The first-order chi connectivity index (χ1) is 14.3. The van der Waals surface area contributed by atoms with Gasteiger partial charge in [-0.05, 0) is 47.5 Å². The molecule has 0 bridgehead atoms. The van der Waals surface area contributed by atoms with Crippen molar-refractivity contribution in [3.05, 3.63) is 83.2 Å². The Balaban J connectivity index is 1.85. The molecule has 0 amide bonds. The monoisotopic (exact) mass is 420 g/mol. The van der Waals surface area contributed by atoms with Crippen LogP contribution in [0.25, 0.3) is 22.0 Å². The summed E-state index contributed by atoms with van der Waals surface area (Å²) in [6, 6.07) is 20.6. The van der Waals surface area contributed by atoms with Gasteiger partial charge in [-0.2, -0.15) is 0 Å². The molecule has 30 heavy (non-hydrogen) atoms. The number of benzene rings is 3. The summed E-state index contributed by atoms with van der Waals surface area (Å²) in [5.41, 5.74) is 2.33. The van der Waals surface area contributed by atoms with E-state index in [-0.39, 0.29) is 10.3 Å². The van der Waals surface area contributed by atoms with Crippen molar-refractivity contribution in [3.63, 3.8) is 0 Å². The Morgan fingerprint density at radius 3 is 2.13 bits per heavy atom. The summed E-state index contributed by atoms with van der Waals surface area (Å²) in [5.74, 6) is -0.549. The molecule has 0 saturated carbocycles. The minimum atomic E-state index is -4.17. The molecule has 0 aliphatic carbocycles. The van der Waals surface area contributed by atoms with Crippen LogP contribution < -0.4 is 10.5 Å². The highest BCUT2D eigenvalue weighted by molar-refractivity contribution is 7.91. The number of anilines is 1. The van der Waals surface area contributed by atoms with Crippen molar-refractivity contribution in [3.8, 4) is 16.9 Å². The topological polar surface area (TPSA) is 90.5 Å². The van der Waals surface area contributed by atoms with Gasteiger partial charge >= 0.3 is 0 Å². The number of nitrogens with one attached hydrogen (secondary N) is 1. The van der Waals surface area contributed by atoms with Crippen molar-refractivity contribution in [2.24, 2.45) is 0 Å². The fourth-order valence-electron chi connectivity index (χ4n) is 3.36. The molecule has 152 valence electrons. The maximum atomic E-state index is 12.9. The summed E-state index contributed by atoms with van der Waals surface area (Å²) < 4.78 is 25.8. The van der Waals surface area contributed by atoms with E-state index in [1.54, 1.807) is 36.4 Å². The number of aromatic nitrogens is 1. The number of nitrogens with zero attached hydrogens (tertiary/aromatic N) is 1. The zero-order valence-corrected chi connectivity index (χ0v) is 17.3. The second kappa shape index (κ2) is 7.35. The molecule has 0 unspecified atom stereocenters. The molecule has 0 aliphatic heterocycles. The highest BCUT2D eigenvalue weighted by Crippen LogP contribution is 2.33. The van der Waals surface area contributed by atoms with E-state index in [9.17, 15) is 18.3 Å². The van der Waals surface area contributed by atoms with E-state index >= 15 is 0 Å². The Kier molecular flexibility index (Phi) is 4.83. The number of pyridine rings is 1. The van der Waals surface area contributed by atoms with Gasteiger partial charge < -0.3 is 15.0 Å². The number of H-pyrrole nitrogens is 1. The van der Waals surface area contributed by atoms with Gasteiger partial charge in [0.1, 0.15) is 5.75 Å². The van der Waals surface area contributed by atoms with Crippen molar-refractivity contribution >= 4 is 26.4 Å². The minimum absolute atomic E-state index is 0.0530. The SMILES string of the molecule is CN(C)c1ccc(-c2ccc3c(O)c(S(=O)(=O)c4ccccc4)c(=O)[nH]c3c2)cc1. The largest absolute Gasteiger partial charge is 0.506 e. The van der Waals surface area contributed by atoms with Crippen molar-refractivity contribution in [2.75, 3.05) is 19.0 Å². The van der Waals surface area contributed by atoms with Crippen LogP contribution in [-0.4, -0.2) is 32.6 Å². The van der Waals surface area contributed by atoms with Crippen LogP contribution in [0.3, 0.4) is 0 Å². The number of hydrogen-bond donors (Lipinski definition) is 2. The summed E-state index contributed by atoms with van der Waals surface area (Å²) >= 11 is 0. The van der Waals surface area contributed by atoms with Crippen LogP contribution in [0.4, 0.5) is 5.69 Å². The van der Waals surface area contributed by atoms with E-state index in [1.807, 2.05) is 43.3 Å². The molecular formula is C23H20N2O4S. The van der Waals surface area contributed by atoms with Crippen molar-refractivity contribution in [2.45, 2.75) is 9.79 Å². The molecule has 1 heterocycles. The third kappa shape index (κ3) is 3.33. The van der Waals surface area contributed by atoms with Crippen LogP contribution in [0, 0.1) is 0 Å². The second-order valence-corrected chi connectivity index (χ2v) is 9.04. The standard InChI is InChI=1S/C23H20N2O4S/c1-25(2)17-11-8-15(9-12-17)16-10-13-19-20(14-16)24-23(27)22(21(19)26)30(28,29)18-6-4-3-5-7-18/h3-14H,1-2H3,(H2,24,26,27). The van der Waals surface area contributed by atoms with Crippen LogP contribution >= 0.6 is 0 Å². The number of aromatic hydroxyl groups is 1. The predicted molar refractivity (Wildman–Crippen MR) is 118 cm³/mol. The first kappa shape index (κ1) is 19.7. The van der Waals surface area contributed by atoms with Crippen LogP contribution in [0.15, 0.2) is 87.4 Å². The molecule has 0 aliphatic rings. The van der Waals surface area contributed by atoms with Crippen LogP contribution in [0.1, 0.15) is 0 Å². The third-order valence-corrected chi connectivity index (χ3v) is 6.79. The summed E-state index contributed by atoms with van der Waals surface area (Å²) in [6.07, 6.45) is 0. The lowest BCUT2D eigenvalue weighted by Crippen LogP contribution is -2.18. The summed E-state index contributed by atoms with van der Waals surface area (Å²) in [7, 11) is -0.249. The molecule has 1 aromatic heterocycles. The molecule has 0 radical (unpaired) electrons. The molecule has 4 aromatic rings. The first-order valence-corrected chi connectivity index (χ1v) is 10.7. The zero-order valence-electron chi connectivity index (χ0n) is 16.5. The van der Waals surface area contributed by atoms with Crippen molar-refractivity contribution < 1.29 is 13.5 Å². The molecule has 6 nitrogen and oxygen atoms in total. The fourth-order valence-corrected chi connectivity index (χ4v) is 4.77. The molecule has 3 aromatic carbocycles. The summed E-state index contributed by atoms with van der Waals surface area (Å²) in [5, 5.41) is 10.9. The first-order valence-electron chi connectivity index (χ1n) is 9.26. The van der Waals surface area contributed by atoms with Crippen LogP contribution in [0.2, 0.25) is 0 Å². The van der Waals surface area contributed by atoms with Gasteiger partial charge in [0.2, 0.25) is 9.84 Å². The van der Waals surface area contributed by atoms with E-state index in [2.05, 4.69) is 4.98 Å². The van der Waals surface area contributed by atoms with E-state index in [4.69, 9.17) is 0 Å². The number of sulfone groups is 1. The van der Waals surface area contributed by atoms with Crippen molar-refractivity contribution in [1.29, 1.82) is 0 Å². The molecular weight excluding hydrogens is 400 g/mol. The quantitative estimate of drug-likeness (QED) is 0.524. The molecule has 0 atom stereocenters. The lowest BCUT2D eigenvalue weighted by atomic mass is 10.0. The molecule has 7 heteroatoms. The Labute approximate surface area is 174 Å². The van der Waals surface area contributed by atoms with E-state index in [0.29, 0.717) is 5.52 Å². The van der Waals surface area contributed by atoms with Crippen molar-refractivity contribution in [1.82, 2.24) is 4.98 Å². The van der Waals surface area contributed by atoms with Crippen LogP contribution in [0.5, 0.6) is 5.75 Å². The van der Waals surface area contributed by atoms with Gasteiger partial charge in [0.05, 0.1) is 10.4 Å².